The Kier molecular flexibility index (Phi) is 5.53. The van der Waals surface area contributed by atoms with Gasteiger partial charge in [-0.3, -0.25) is 9.59 Å². The third-order valence-corrected chi connectivity index (χ3v) is 5.84. The van der Waals surface area contributed by atoms with Crippen molar-refractivity contribution in [2.45, 2.75) is 25.8 Å². The van der Waals surface area contributed by atoms with Gasteiger partial charge in [-0.05, 0) is 53.6 Å². The summed E-state index contributed by atoms with van der Waals surface area (Å²) in [5.74, 6) is 0.0674. The minimum absolute atomic E-state index is 0.0315. The predicted molar refractivity (Wildman–Crippen MR) is 113 cm³/mol. The number of hydrogen-bond donors (Lipinski definition) is 1. The molecule has 3 aromatic rings. The quantitative estimate of drug-likeness (QED) is 0.673. The van der Waals surface area contributed by atoms with Crippen molar-refractivity contribution in [1.82, 2.24) is 4.90 Å². The zero-order valence-corrected chi connectivity index (χ0v) is 16.4. The third kappa shape index (κ3) is 4.31. The van der Waals surface area contributed by atoms with Gasteiger partial charge >= 0.3 is 0 Å². The fraction of sp³-hybridized carbons (Fsp3) is 0.217. The van der Waals surface area contributed by atoms with Crippen molar-refractivity contribution < 1.29 is 9.59 Å². The van der Waals surface area contributed by atoms with Crippen LogP contribution in [-0.4, -0.2) is 23.3 Å². The van der Waals surface area contributed by atoms with Crippen molar-refractivity contribution in [2.24, 2.45) is 0 Å². The van der Waals surface area contributed by atoms with Crippen molar-refractivity contribution >= 4 is 28.8 Å². The average molecular weight is 391 g/mol. The van der Waals surface area contributed by atoms with Crippen molar-refractivity contribution in [1.29, 1.82) is 0 Å². The minimum Gasteiger partial charge on any atom is -0.333 e. The predicted octanol–water partition coefficient (Wildman–Crippen LogP) is 4.52. The molecule has 0 unspecified atom stereocenters. The van der Waals surface area contributed by atoms with Crippen LogP contribution in [0, 0.1) is 0 Å². The molecule has 0 spiro atoms. The molecule has 5 heteroatoms. The average Bonchev–Trinajstić information content (AvgIpc) is 3.24. The fourth-order valence-corrected chi connectivity index (χ4v) is 4.17. The maximum absolute atomic E-state index is 13.3. The van der Waals surface area contributed by atoms with Crippen molar-refractivity contribution in [3.63, 3.8) is 0 Å². The molecular weight excluding hydrogens is 368 g/mol. The molecule has 0 radical (unpaired) electrons. The van der Waals surface area contributed by atoms with Crippen LogP contribution in [0.5, 0.6) is 0 Å². The van der Waals surface area contributed by atoms with E-state index in [2.05, 4.69) is 23.5 Å². The van der Waals surface area contributed by atoms with Crippen LogP contribution in [0.1, 0.15) is 32.8 Å². The highest BCUT2D eigenvalue weighted by Gasteiger charge is 2.20. The molecule has 1 aliphatic heterocycles. The first-order valence-electron chi connectivity index (χ1n) is 9.47. The van der Waals surface area contributed by atoms with E-state index >= 15 is 0 Å². The molecule has 2 aromatic carbocycles. The summed E-state index contributed by atoms with van der Waals surface area (Å²) in [6.07, 6.45) is 1.97. The Bertz CT molecular complexity index is 968. The van der Waals surface area contributed by atoms with Gasteiger partial charge in [-0.2, -0.15) is 0 Å². The first-order chi connectivity index (χ1) is 13.7. The summed E-state index contributed by atoms with van der Waals surface area (Å²) in [7, 11) is 0. The lowest BCUT2D eigenvalue weighted by molar-refractivity contribution is -0.116. The number of fused-ring (bicyclic) bond motifs is 1. The number of carbonyl (C=O) groups excluding carboxylic acids is 2. The number of anilines is 1. The van der Waals surface area contributed by atoms with Gasteiger partial charge in [0.05, 0.1) is 6.54 Å². The van der Waals surface area contributed by atoms with Gasteiger partial charge in [0.25, 0.3) is 5.91 Å². The molecule has 2 amide bonds. The van der Waals surface area contributed by atoms with Crippen LogP contribution in [0.25, 0.3) is 0 Å². The Morgan fingerprint density at radius 1 is 1.04 bits per heavy atom. The van der Waals surface area contributed by atoms with E-state index < -0.39 is 0 Å². The Morgan fingerprint density at radius 3 is 2.68 bits per heavy atom. The largest absolute Gasteiger partial charge is 0.333 e. The molecule has 4 nitrogen and oxygen atoms in total. The Morgan fingerprint density at radius 2 is 1.89 bits per heavy atom. The monoisotopic (exact) mass is 390 g/mol. The number of rotatable bonds is 6. The molecule has 4 rings (SSSR count). The molecule has 0 atom stereocenters. The molecule has 0 fully saturated rings. The summed E-state index contributed by atoms with van der Waals surface area (Å²) in [4.78, 5) is 27.9. The van der Waals surface area contributed by atoms with Crippen LogP contribution in [0.15, 0.2) is 66.0 Å². The van der Waals surface area contributed by atoms with Crippen LogP contribution in [0.4, 0.5) is 5.69 Å². The first kappa shape index (κ1) is 18.4. The molecule has 28 heavy (non-hydrogen) atoms. The molecule has 142 valence electrons. The SMILES string of the molecule is O=C1CCc2cc(C(=O)N(CCc3ccccc3)Cc3cccs3)ccc2N1. The highest BCUT2D eigenvalue weighted by Crippen LogP contribution is 2.25. The van der Waals surface area contributed by atoms with Gasteiger partial charge in [-0.1, -0.05) is 36.4 Å². The van der Waals surface area contributed by atoms with Crippen molar-refractivity contribution in [3.8, 4) is 0 Å². The molecule has 1 N–H and O–H groups in total. The van der Waals surface area contributed by atoms with E-state index in [4.69, 9.17) is 0 Å². The highest BCUT2D eigenvalue weighted by atomic mass is 32.1. The molecule has 0 aliphatic carbocycles. The number of nitrogens with zero attached hydrogens (tertiary/aromatic N) is 1. The van der Waals surface area contributed by atoms with Gasteiger partial charge in [0.2, 0.25) is 5.91 Å². The summed E-state index contributed by atoms with van der Waals surface area (Å²) in [6, 6.07) is 19.9. The minimum atomic E-state index is 0.0315. The summed E-state index contributed by atoms with van der Waals surface area (Å²) >= 11 is 1.67. The zero-order valence-electron chi connectivity index (χ0n) is 15.6. The van der Waals surface area contributed by atoms with E-state index in [0.29, 0.717) is 31.5 Å². The van der Waals surface area contributed by atoms with Gasteiger partial charge in [0, 0.05) is 29.1 Å². The summed E-state index contributed by atoms with van der Waals surface area (Å²) < 4.78 is 0. The van der Waals surface area contributed by atoms with Crippen LogP contribution in [0.2, 0.25) is 0 Å². The lowest BCUT2D eigenvalue weighted by atomic mass is 10.00. The van der Waals surface area contributed by atoms with Crippen molar-refractivity contribution in [3.05, 3.63) is 87.6 Å². The number of amides is 2. The third-order valence-electron chi connectivity index (χ3n) is 4.97. The number of hydrogen-bond acceptors (Lipinski definition) is 3. The van der Waals surface area contributed by atoms with Crippen LogP contribution in [-0.2, 0) is 24.2 Å². The molecule has 1 aromatic heterocycles. The maximum Gasteiger partial charge on any atom is 0.254 e. The smallest absolute Gasteiger partial charge is 0.254 e. The normalized spacial score (nSPS) is 12.9. The molecule has 0 saturated heterocycles. The molecule has 1 aliphatic rings. The molecule has 2 heterocycles. The summed E-state index contributed by atoms with van der Waals surface area (Å²) in [5.41, 5.74) is 3.76. The van der Waals surface area contributed by atoms with Crippen molar-refractivity contribution in [2.75, 3.05) is 11.9 Å². The fourth-order valence-electron chi connectivity index (χ4n) is 3.45. The zero-order chi connectivity index (χ0) is 19.3. The van der Waals surface area contributed by atoms with E-state index in [-0.39, 0.29) is 11.8 Å². The van der Waals surface area contributed by atoms with E-state index in [1.54, 1.807) is 11.3 Å². The topological polar surface area (TPSA) is 49.4 Å². The van der Waals surface area contributed by atoms with E-state index in [9.17, 15) is 9.59 Å². The first-order valence-corrected chi connectivity index (χ1v) is 10.4. The van der Waals surface area contributed by atoms with Gasteiger partial charge in [0.1, 0.15) is 0 Å². The number of aryl methyl sites for hydroxylation is 1. The van der Waals surface area contributed by atoms with E-state index in [0.717, 1.165) is 17.7 Å². The Hall–Kier alpha value is -2.92. The standard InChI is InChI=1S/C23H22N2O2S/c26-22-11-9-18-15-19(8-10-21(18)24-22)23(27)25(16-20-7-4-14-28-20)13-12-17-5-2-1-3-6-17/h1-8,10,14-15H,9,11-13,16H2,(H,24,26). The van der Waals surface area contributed by atoms with E-state index in [1.807, 2.05) is 52.7 Å². The lowest BCUT2D eigenvalue weighted by Gasteiger charge is -2.24. The highest BCUT2D eigenvalue weighted by molar-refractivity contribution is 7.09. The number of carbonyl (C=O) groups is 2. The summed E-state index contributed by atoms with van der Waals surface area (Å²) in [5, 5.41) is 4.91. The van der Waals surface area contributed by atoms with Crippen LogP contribution in [0.3, 0.4) is 0 Å². The number of nitrogens with one attached hydrogen (secondary N) is 1. The molecular formula is C23H22N2O2S. The van der Waals surface area contributed by atoms with E-state index in [1.165, 1.54) is 10.4 Å². The maximum atomic E-state index is 13.3. The lowest BCUT2D eigenvalue weighted by Crippen LogP contribution is -2.32. The van der Waals surface area contributed by atoms with Crippen LogP contribution < -0.4 is 5.32 Å². The Balaban J connectivity index is 1.54. The van der Waals surface area contributed by atoms with Gasteiger partial charge in [-0.15, -0.1) is 11.3 Å². The second-order valence-electron chi connectivity index (χ2n) is 6.96. The van der Waals surface area contributed by atoms with Gasteiger partial charge in [-0.25, -0.2) is 0 Å². The summed E-state index contributed by atoms with van der Waals surface area (Å²) in [6.45, 7) is 1.27. The molecule has 0 bridgehead atoms. The van der Waals surface area contributed by atoms with Gasteiger partial charge < -0.3 is 10.2 Å². The second-order valence-corrected chi connectivity index (χ2v) is 7.99. The number of benzene rings is 2. The number of thiophene rings is 1. The Labute approximate surface area is 168 Å². The second kappa shape index (κ2) is 8.40. The van der Waals surface area contributed by atoms with Gasteiger partial charge in [0.15, 0.2) is 0 Å². The van der Waals surface area contributed by atoms with Crippen LogP contribution >= 0.6 is 11.3 Å². The molecule has 0 saturated carbocycles.